The van der Waals surface area contributed by atoms with E-state index in [-0.39, 0.29) is 12.5 Å². The molecule has 0 radical (unpaired) electrons. The van der Waals surface area contributed by atoms with Gasteiger partial charge in [-0.1, -0.05) is 38.1 Å². The summed E-state index contributed by atoms with van der Waals surface area (Å²) in [5.74, 6) is 0. The number of fused-ring (bicyclic) bond motifs is 1. The highest BCUT2D eigenvalue weighted by atomic mass is 16.6. The molecule has 4 rings (SSSR count). The van der Waals surface area contributed by atoms with Crippen LogP contribution in [0.2, 0.25) is 0 Å². The summed E-state index contributed by atoms with van der Waals surface area (Å²) in [7, 11) is 1.79. The Morgan fingerprint density at radius 3 is 2.46 bits per heavy atom. The minimum Gasteiger partial charge on any atom is -0.407 e. The van der Waals surface area contributed by atoms with Crippen LogP contribution in [0.4, 0.5) is 0 Å². The number of pyridine rings is 1. The molecule has 1 fully saturated rings. The van der Waals surface area contributed by atoms with Crippen LogP contribution in [0.15, 0.2) is 48.7 Å². The van der Waals surface area contributed by atoms with Crippen LogP contribution >= 0.6 is 0 Å². The zero-order valence-corrected chi connectivity index (χ0v) is 14.3. The van der Waals surface area contributed by atoms with Gasteiger partial charge in [-0.05, 0) is 29.2 Å². The highest BCUT2D eigenvalue weighted by Gasteiger charge is 2.33. The molecule has 5 heteroatoms. The second kappa shape index (κ2) is 5.76. The van der Waals surface area contributed by atoms with E-state index >= 15 is 0 Å². The van der Waals surface area contributed by atoms with E-state index in [0.717, 1.165) is 27.8 Å². The fourth-order valence-corrected chi connectivity index (χ4v) is 3.13. The Bertz CT molecular complexity index is 861. The van der Waals surface area contributed by atoms with Gasteiger partial charge in [-0.2, -0.15) is 0 Å². The van der Waals surface area contributed by atoms with Crippen molar-refractivity contribution in [1.82, 2.24) is 9.55 Å². The summed E-state index contributed by atoms with van der Waals surface area (Å²) in [5, 5.41) is 1.15. The minimum absolute atomic E-state index is 0.0899. The van der Waals surface area contributed by atoms with E-state index in [4.69, 9.17) is 9.31 Å². The van der Waals surface area contributed by atoms with Crippen molar-refractivity contribution in [3.63, 3.8) is 0 Å². The topological polar surface area (TPSA) is 36.3 Å². The Morgan fingerprint density at radius 2 is 1.79 bits per heavy atom. The Balaban J connectivity index is 1.60. The molecule has 1 aliphatic rings. The Hall–Kier alpha value is -2.11. The van der Waals surface area contributed by atoms with Crippen LogP contribution in [-0.4, -0.2) is 29.9 Å². The van der Waals surface area contributed by atoms with E-state index in [2.05, 4.69) is 59.8 Å². The predicted molar refractivity (Wildman–Crippen MR) is 97.2 cm³/mol. The summed E-state index contributed by atoms with van der Waals surface area (Å²) in [6.45, 7) is 5.74. The van der Waals surface area contributed by atoms with Gasteiger partial charge in [0.2, 0.25) is 0 Å². The molecule has 3 aromatic rings. The van der Waals surface area contributed by atoms with Crippen molar-refractivity contribution in [2.45, 2.75) is 13.8 Å². The fourth-order valence-electron chi connectivity index (χ4n) is 3.13. The smallest absolute Gasteiger partial charge is 0.407 e. The third-order valence-corrected chi connectivity index (χ3v) is 4.52. The lowest BCUT2D eigenvalue weighted by atomic mass is 9.75. The first-order chi connectivity index (χ1) is 11.5. The van der Waals surface area contributed by atoms with Crippen molar-refractivity contribution in [2.24, 2.45) is 12.5 Å². The molecule has 24 heavy (non-hydrogen) atoms. The van der Waals surface area contributed by atoms with Gasteiger partial charge in [-0.15, -0.1) is 0 Å². The maximum Gasteiger partial charge on any atom is 0.493 e. The van der Waals surface area contributed by atoms with Gasteiger partial charge in [-0.3, -0.25) is 0 Å². The van der Waals surface area contributed by atoms with Gasteiger partial charge in [-0.25, -0.2) is 4.98 Å². The van der Waals surface area contributed by atoms with Crippen molar-refractivity contribution in [2.75, 3.05) is 13.2 Å². The highest BCUT2D eigenvalue weighted by Crippen LogP contribution is 2.26. The van der Waals surface area contributed by atoms with Gasteiger partial charge >= 0.3 is 7.12 Å². The summed E-state index contributed by atoms with van der Waals surface area (Å²) < 4.78 is 13.8. The number of hydrogen-bond acceptors (Lipinski definition) is 3. The van der Waals surface area contributed by atoms with E-state index in [1.165, 1.54) is 0 Å². The second-order valence-corrected chi connectivity index (χ2v) is 7.24. The van der Waals surface area contributed by atoms with E-state index in [1.54, 1.807) is 0 Å². The molecule has 1 saturated heterocycles. The molecular weight excluding hydrogens is 299 g/mol. The lowest BCUT2D eigenvalue weighted by molar-refractivity contribution is 0.0343. The number of aryl methyl sites for hydroxylation is 1. The average molecular weight is 320 g/mol. The lowest BCUT2D eigenvalue weighted by Gasteiger charge is -2.33. The number of hydrogen-bond donors (Lipinski definition) is 0. The molecule has 0 N–H and O–H groups in total. The van der Waals surface area contributed by atoms with Gasteiger partial charge in [0.15, 0.2) is 0 Å². The molecule has 3 heterocycles. The molecule has 1 aliphatic heterocycles. The molecule has 1 aromatic carbocycles. The summed E-state index contributed by atoms with van der Waals surface area (Å²) in [6, 6.07) is 14.6. The fraction of sp³-hybridized carbons (Fsp3) is 0.316. The number of benzene rings is 1. The van der Waals surface area contributed by atoms with Crippen LogP contribution in [0.3, 0.4) is 0 Å². The van der Waals surface area contributed by atoms with Crippen molar-refractivity contribution < 1.29 is 9.31 Å². The standard InChI is InChI=1S/C19H21BN2O2/c1-19(2)12-23-20(24-13-19)16-8-6-14(7-9-16)17-11-15-5-4-10-21-18(15)22(17)3/h4-11H,12-13H2,1-3H3. The molecule has 4 nitrogen and oxygen atoms in total. The van der Waals surface area contributed by atoms with Crippen LogP contribution in [-0.2, 0) is 16.4 Å². The van der Waals surface area contributed by atoms with Crippen molar-refractivity contribution in [3.05, 3.63) is 48.7 Å². The van der Waals surface area contributed by atoms with Gasteiger partial charge in [0.1, 0.15) is 5.65 Å². The van der Waals surface area contributed by atoms with Gasteiger partial charge in [0.25, 0.3) is 0 Å². The number of rotatable bonds is 2. The Labute approximate surface area is 142 Å². The maximum atomic E-state index is 5.86. The third kappa shape index (κ3) is 2.74. The van der Waals surface area contributed by atoms with Crippen LogP contribution in [0.25, 0.3) is 22.3 Å². The van der Waals surface area contributed by atoms with E-state index < -0.39 is 0 Å². The highest BCUT2D eigenvalue weighted by molar-refractivity contribution is 6.61. The number of aromatic nitrogens is 2. The van der Waals surface area contributed by atoms with Crippen LogP contribution in [0, 0.1) is 5.41 Å². The molecule has 0 unspecified atom stereocenters. The first-order valence-corrected chi connectivity index (χ1v) is 8.27. The summed E-state index contributed by atoms with van der Waals surface area (Å²) in [4.78, 5) is 4.45. The first kappa shape index (κ1) is 15.4. The molecular formula is C19H21BN2O2. The largest absolute Gasteiger partial charge is 0.493 e. The Morgan fingerprint density at radius 1 is 1.08 bits per heavy atom. The summed E-state index contributed by atoms with van der Waals surface area (Å²) >= 11 is 0. The van der Waals surface area contributed by atoms with E-state index in [1.807, 2.05) is 19.3 Å². The zero-order chi connectivity index (χ0) is 16.7. The molecule has 0 amide bonds. The van der Waals surface area contributed by atoms with Crippen LogP contribution < -0.4 is 5.46 Å². The third-order valence-electron chi connectivity index (χ3n) is 4.52. The van der Waals surface area contributed by atoms with E-state index in [9.17, 15) is 0 Å². The lowest BCUT2D eigenvalue weighted by Crippen LogP contribution is -2.47. The van der Waals surface area contributed by atoms with Crippen molar-refractivity contribution in [3.8, 4) is 11.3 Å². The van der Waals surface area contributed by atoms with Crippen LogP contribution in [0.5, 0.6) is 0 Å². The molecule has 0 atom stereocenters. The zero-order valence-electron chi connectivity index (χ0n) is 14.3. The minimum atomic E-state index is -0.263. The molecule has 122 valence electrons. The quantitative estimate of drug-likeness (QED) is 0.681. The summed E-state index contributed by atoms with van der Waals surface area (Å²) in [5.41, 5.74) is 4.47. The van der Waals surface area contributed by atoms with Crippen LogP contribution in [0.1, 0.15) is 13.8 Å². The first-order valence-electron chi connectivity index (χ1n) is 8.27. The van der Waals surface area contributed by atoms with Crippen molar-refractivity contribution >= 4 is 23.6 Å². The predicted octanol–water partition coefficient (Wildman–Crippen LogP) is 3.01. The second-order valence-electron chi connectivity index (χ2n) is 7.24. The van der Waals surface area contributed by atoms with Gasteiger partial charge < -0.3 is 13.9 Å². The van der Waals surface area contributed by atoms with E-state index in [0.29, 0.717) is 13.2 Å². The van der Waals surface area contributed by atoms with Gasteiger partial charge in [0.05, 0.1) is 5.69 Å². The van der Waals surface area contributed by atoms with Crippen molar-refractivity contribution in [1.29, 1.82) is 0 Å². The molecule has 0 aliphatic carbocycles. The Kier molecular flexibility index (Phi) is 3.70. The average Bonchev–Trinajstić information content (AvgIpc) is 2.92. The summed E-state index contributed by atoms with van der Waals surface area (Å²) in [6.07, 6.45) is 1.83. The molecule has 0 saturated carbocycles. The normalized spacial score (nSPS) is 17.4. The molecule has 0 spiro atoms. The number of nitrogens with zero attached hydrogens (tertiary/aromatic N) is 2. The SMILES string of the molecule is Cn1c(-c2ccc(B3OCC(C)(C)CO3)cc2)cc2cccnc21. The monoisotopic (exact) mass is 320 g/mol. The van der Waals surface area contributed by atoms with Gasteiger partial charge in [0, 0.05) is 37.3 Å². The maximum absolute atomic E-state index is 5.86. The molecule has 0 bridgehead atoms. The molecule has 2 aromatic heterocycles.